The van der Waals surface area contributed by atoms with E-state index in [4.69, 9.17) is 0 Å². The Bertz CT molecular complexity index is 1050. The van der Waals surface area contributed by atoms with Crippen LogP contribution in [0.15, 0.2) is 43.0 Å². The number of pyridine rings is 1. The van der Waals surface area contributed by atoms with Gasteiger partial charge in [-0.1, -0.05) is 6.08 Å². The third kappa shape index (κ3) is 2.31. The highest BCUT2D eigenvalue weighted by atomic mass is 16.4. The lowest BCUT2D eigenvalue weighted by atomic mass is 9.97. The van der Waals surface area contributed by atoms with Gasteiger partial charge in [0.1, 0.15) is 0 Å². The fourth-order valence-electron chi connectivity index (χ4n) is 4.28. The predicted octanol–water partition coefficient (Wildman–Crippen LogP) is 2.75. The minimum absolute atomic E-state index is 0.311. The average molecular weight is 349 g/mol. The van der Waals surface area contributed by atoms with Crippen LogP contribution in [0.25, 0.3) is 22.2 Å². The first-order valence-electron chi connectivity index (χ1n) is 8.74. The molecule has 4 heterocycles. The molecule has 3 aromatic rings. The molecule has 1 saturated heterocycles. The lowest BCUT2D eigenvalue weighted by Crippen LogP contribution is -2.27. The Morgan fingerprint density at radius 2 is 2.12 bits per heavy atom. The smallest absolute Gasteiger partial charge is 0.407 e. The van der Waals surface area contributed by atoms with Crippen molar-refractivity contribution < 1.29 is 9.90 Å². The van der Waals surface area contributed by atoms with E-state index >= 15 is 0 Å². The quantitative estimate of drug-likeness (QED) is 0.772. The Morgan fingerprint density at radius 3 is 2.85 bits per heavy atom. The summed E-state index contributed by atoms with van der Waals surface area (Å²) in [6, 6.07) is 4.23. The van der Waals surface area contributed by atoms with Crippen LogP contribution in [0.1, 0.15) is 12.0 Å². The zero-order chi connectivity index (χ0) is 17.8. The van der Waals surface area contributed by atoms with Crippen molar-refractivity contribution in [1.82, 2.24) is 24.3 Å². The molecule has 26 heavy (non-hydrogen) atoms. The summed E-state index contributed by atoms with van der Waals surface area (Å²) in [6.45, 7) is 1.22. The van der Waals surface area contributed by atoms with Crippen LogP contribution in [0, 0.1) is 11.8 Å². The zero-order valence-electron chi connectivity index (χ0n) is 14.4. The number of carbonyl (C=O) groups is 1. The zero-order valence-corrected chi connectivity index (χ0v) is 14.4. The van der Waals surface area contributed by atoms with Crippen molar-refractivity contribution in [2.45, 2.75) is 6.42 Å². The van der Waals surface area contributed by atoms with Gasteiger partial charge in [-0.15, -0.1) is 0 Å². The molecule has 1 amide bonds. The van der Waals surface area contributed by atoms with Crippen molar-refractivity contribution >= 4 is 17.2 Å². The van der Waals surface area contributed by atoms with Crippen LogP contribution in [0.4, 0.5) is 4.79 Å². The summed E-state index contributed by atoms with van der Waals surface area (Å²) >= 11 is 0. The van der Waals surface area contributed by atoms with Crippen molar-refractivity contribution in [3.63, 3.8) is 0 Å². The number of carboxylic acid groups (broad SMARTS) is 1. The van der Waals surface area contributed by atoms with E-state index in [0.29, 0.717) is 24.9 Å². The maximum absolute atomic E-state index is 11.2. The van der Waals surface area contributed by atoms with Crippen LogP contribution in [0.5, 0.6) is 0 Å². The standard InChI is InChI=1S/C19H19N5O2/c1-22-8-16(7-21-22)15-6-17(18-2-3-20-24(18)11-15)12-4-13-9-23(19(25)26)10-14(13)5-12/h2-4,6-8,11,13-14H,5,9-10H2,1H3,(H,25,26). The molecule has 7 nitrogen and oxygen atoms in total. The number of likely N-dealkylation sites (tertiary alicyclic amines) is 1. The number of hydrogen-bond acceptors (Lipinski definition) is 3. The van der Waals surface area contributed by atoms with E-state index in [-0.39, 0.29) is 0 Å². The second-order valence-corrected chi connectivity index (χ2v) is 7.21. The van der Waals surface area contributed by atoms with Gasteiger partial charge in [0.25, 0.3) is 0 Å². The average Bonchev–Trinajstić information content (AvgIpc) is 3.35. The molecule has 0 bridgehead atoms. The Morgan fingerprint density at radius 1 is 1.23 bits per heavy atom. The molecule has 2 aliphatic rings. The maximum atomic E-state index is 11.2. The van der Waals surface area contributed by atoms with Gasteiger partial charge in [-0.2, -0.15) is 10.2 Å². The number of fused-ring (bicyclic) bond motifs is 2. The molecule has 1 N–H and O–H groups in total. The van der Waals surface area contributed by atoms with E-state index in [1.807, 2.05) is 42.4 Å². The van der Waals surface area contributed by atoms with Crippen LogP contribution >= 0.6 is 0 Å². The van der Waals surface area contributed by atoms with E-state index in [1.54, 1.807) is 4.68 Å². The lowest BCUT2D eigenvalue weighted by molar-refractivity contribution is 0.153. The van der Waals surface area contributed by atoms with Crippen LogP contribution in [0.3, 0.4) is 0 Å². The maximum Gasteiger partial charge on any atom is 0.407 e. The molecule has 132 valence electrons. The van der Waals surface area contributed by atoms with Gasteiger partial charge in [-0.25, -0.2) is 9.31 Å². The van der Waals surface area contributed by atoms with Crippen molar-refractivity contribution in [2.75, 3.05) is 13.1 Å². The molecular weight excluding hydrogens is 330 g/mol. The minimum atomic E-state index is -0.814. The summed E-state index contributed by atoms with van der Waals surface area (Å²) in [6.07, 6.45) is 10.1. The Balaban J connectivity index is 1.56. The van der Waals surface area contributed by atoms with Gasteiger partial charge < -0.3 is 10.0 Å². The topological polar surface area (TPSA) is 75.7 Å². The van der Waals surface area contributed by atoms with Gasteiger partial charge in [-0.05, 0) is 36.0 Å². The first kappa shape index (κ1) is 15.2. The predicted molar refractivity (Wildman–Crippen MR) is 96.6 cm³/mol. The van der Waals surface area contributed by atoms with Crippen LogP contribution < -0.4 is 0 Å². The highest BCUT2D eigenvalue weighted by Crippen LogP contribution is 2.42. The summed E-state index contributed by atoms with van der Waals surface area (Å²) in [4.78, 5) is 12.7. The Labute approximate surface area is 150 Å². The molecule has 1 aliphatic carbocycles. The molecule has 0 aromatic carbocycles. The van der Waals surface area contributed by atoms with Crippen LogP contribution in [-0.2, 0) is 7.05 Å². The summed E-state index contributed by atoms with van der Waals surface area (Å²) in [7, 11) is 1.91. The number of aromatic nitrogens is 4. The molecule has 2 atom stereocenters. The van der Waals surface area contributed by atoms with Gasteiger partial charge >= 0.3 is 6.09 Å². The first-order valence-corrected chi connectivity index (χ1v) is 8.74. The highest BCUT2D eigenvalue weighted by Gasteiger charge is 2.38. The number of allylic oxidation sites excluding steroid dienone is 1. The summed E-state index contributed by atoms with van der Waals surface area (Å²) in [5.74, 6) is 0.692. The molecule has 1 fully saturated rings. The van der Waals surface area contributed by atoms with Gasteiger partial charge in [0.15, 0.2) is 0 Å². The molecule has 3 aromatic heterocycles. The molecule has 1 aliphatic heterocycles. The van der Waals surface area contributed by atoms with E-state index < -0.39 is 6.09 Å². The van der Waals surface area contributed by atoms with E-state index in [9.17, 15) is 9.90 Å². The third-order valence-electron chi connectivity index (χ3n) is 5.55. The molecule has 7 heteroatoms. The Kier molecular flexibility index (Phi) is 3.19. The first-order chi connectivity index (χ1) is 12.6. The van der Waals surface area contributed by atoms with Crippen molar-refractivity contribution in [2.24, 2.45) is 18.9 Å². The normalized spacial score (nSPS) is 22.0. The fraction of sp³-hybridized carbons (Fsp3) is 0.316. The third-order valence-corrected chi connectivity index (χ3v) is 5.55. The fourth-order valence-corrected chi connectivity index (χ4v) is 4.28. The molecule has 0 radical (unpaired) electrons. The summed E-state index contributed by atoms with van der Waals surface area (Å²) in [5, 5.41) is 17.9. The summed E-state index contributed by atoms with van der Waals surface area (Å²) < 4.78 is 3.71. The van der Waals surface area contributed by atoms with E-state index in [2.05, 4.69) is 22.3 Å². The Hall–Kier alpha value is -3.09. The molecule has 0 spiro atoms. The number of aryl methyl sites for hydroxylation is 1. The SMILES string of the molecule is Cn1cc(-c2cc(C3=CC4CN(C(=O)O)CC4C3)c3ccnn3c2)cn1. The highest BCUT2D eigenvalue weighted by molar-refractivity contribution is 5.83. The largest absolute Gasteiger partial charge is 0.465 e. The van der Waals surface area contributed by atoms with Crippen LogP contribution in [0.2, 0.25) is 0 Å². The van der Waals surface area contributed by atoms with E-state index in [0.717, 1.165) is 23.1 Å². The second kappa shape index (κ2) is 5.45. The number of rotatable bonds is 2. The number of amides is 1. The lowest BCUT2D eigenvalue weighted by Gasteiger charge is -2.14. The molecule has 5 rings (SSSR count). The van der Waals surface area contributed by atoms with Crippen molar-refractivity contribution in [3.05, 3.63) is 48.6 Å². The van der Waals surface area contributed by atoms with Crippen molar-refractivity contribution in [3.8, 4) is 11.1 Å². The second-order valence-electron chi connectivity index (χ2n) is 7.21. The van der Waals surface area contributed by atoms with Gasteiger partial charge in [-0.3, -0.25) is 4.68 Å². The molecule has 2 unspecified atom stereocenters. The minimum Gasteiger partial charge on any atom is -0.465 e. The van der Waals surface area contributed by atoms with Crippen molar-refractivity contribution in [1.29, 1.82) is 0 Å². The molecule has 0 saturated carbocycles. The number of nitrogens with zero attached hydrogens (tertiary/aromatic N) is 5. The summed E-state index contributed by atoms with van der Waals surface area (Å²) in [5.41, 5.74) is 5.69. The monoisotopic (exact) mass is 349 g/mol. The van der Waals surface area contributed by atoms with E-state index in [1.165, 1.54) is 16.0 Å². The molecular formula is C19H19N5O2. The van der Waals surface area contributed by atoms with Gasteiger partial charge in [0, 0.05) is 55.4 Å². The van der Waals surface area contributed by atoms with Gasteiger partial charge in [0.2, 0.25) is 0 Å². The van der Waals surface area contributed by atoms with Crippen LogP contribution in [-0.4, -0.2) is 48.6 Å². The van der Waals surface area contributed by atoms with Gasteiger partial charge in [0.05, 0.1) is 11.7 Å². The number of hydrogen-bond donors (Lipinski definition) is 1.